The van der Waals surface area contributed by atoms with Gasteiger partial charge in [0, 0.05) is 29.0 Å². The van der Waals surface area contributed by atoms with Crippen molar-refractivity contribution >= 4 is 27.7 Å². The molecule has 1 N–H and O–H groups in total. The lowest BCUT2D eigenvalue weighted by Gasteiger charge is -2.16. The van der Waals surface area contributed by atoms with Crippen molar-refractivity contribution in [3.8, 4) is 5.69 Å². The normalized spacial score (nSPS) is 12.6. The Balaban J connectivity index is 1.63. The molecule has 3 aromatic heterocycles. The second-order valence-electron chi connectivity index (χ2n) is 8.15. The van der Waals surface area contributed by atoms with Crippen molar-refractivity contribution < 1.29 is 18.0 Å². The van der Waals surface area contributed by atoms with Gasteiger partial charge in [0.25, 0.3) is 11.5 Å². The second kappa shape index (κ2) is 8.88. The third-order valence-electron chi connectivity index (χ3n) is 5.83. The molecule has 0 bridgehead atoms. The van der Waals surface area contributed by atoms with E-state index in [4.69, 9.17) is 0 Å². The molecule has 180 valence electrons. The summed E-state index contributed by atoms with van der Waals surface area (Å²) in [5, 5.41) is 3.54. The third kappa shape index (κ3) is 4.17. The number of rotatable bonds is 4. The number of aromatic nitrogens is 4. The maximum atomic E-state index is 13.3. The molecule has 0 radical (unpaired) electrons. The molecule has 2 aromatic carbocycles. The van der Waals surface area contributed by atoms with Crippen LogP contribution in [0.3, 0.4) is 0 Å². The summed E-state index contributed by atoms with van der Waals surface area (Å²) in [5.41, 5.74) is 0.668. The van der Waals surface area contributed by atoms with Crippen LogP contribution >= 0.6 is 0 Å². The fourth-order valence-electron chi connectivity index (χ4n) is 4.03. The SMILES string of the molecule is C[C@H](NC(=O)c1ccc2c(c1)c1ncncc1c(=O)n2-c1ccc(C(F)(F)F)cc1)c1ccccn1. The number of pyridine rings is 2. The Hall–Kier alpha value is -4.60. The maximum Gasteiger partial charge on any atom is 0.416 e. The fourth-order valence-corrected chi connectivity index (χ4v) is 4.03. The maximum absolute atomic E-state index is 13.3. The molecule has 0 saturated carbocycles. The van der Waals surface area contributed by atoms with Gasteiger partial charge in [-0.2, -0.15) is 13.2 Å². The van der Waals surface area contributed by atoms with Crippen LogP contribution in [-0.4, -0.2) is 25.4 Å². The van der Waals surface area contributed by atoms with E-state index >= 15 is 0 Å². The molecule has 7 nitrogen and oxygen atoms in total. The zero-order valence-corrected chi connectivity index (χ0v) is 18.8. The molecule has 36 heavy (non-hydrogen) atoms. The number of hydrogen-bond donors (Lipinski definition) is 1. The summed E-state index contributed by atoms with van der Waals surface area (Å²) in [6.45, 7) is 1.81. The van der Waals surface area contributed by atoms with Crippen molar-refractivity contribution in [3.63, 3.8) is 0 Å². The molecule has 0 unspecified atom stereocenters. The third-order valence-corrected chi connectivity index (χ3v) is 5.83. The van der Waals surface area contributed by atoms with E-state index in [2.05, 4.69) is 20.3 Å². The molecular formula is C26H18F3N5O2. The Bertz CT molecular complexity index is 1650. The van der Waals surface area contributed by atoms with Crippen molar-refractivity contribution in [1.29, 1.82) is 0 Å². The standard InChI is InChI=1S/C26H18F3N5O2/c1-15(21-4-2-3-11-31-21)33-24(35)16-5-10-22-19(12-16)23-20(13-30-14-32-23)25(36)34(22)18-8-6-17(7-9-18)26(27,28)29/h2-15H,1H3,(H,33,35)/t15-/m0/s1. The van der Waals surface area contributed by atoms with E-state index in [1.54, 1.807) is 36.5 Å². The van der Waals surface area contributed by atoms with Crippen LogP contribution in [0.25, 0.3) is 27.5 Å². The average molecular weight is 489 g/mol. The highest BCUT2D eigenvalue weighted by Crippen LogP contribution is 2.30. The predicted molar refractivity (Wildman–Crippen MR) is 128 cm³/mol. The predicted octanol–water partition coefficient (Wildman–Crippen LogP) is 4.84. The minimum absolute atomic E-state index is 0.171. The molecule has 1 amide bonds. The van der Waals surface area contributed by atoms with Gasteiger partial charge in [-0.25, -0.2) is 9.97 Å². The first kappa shape index (κ1) is 23.2. The van der Waals surface area contributed by atoms with Crippen LogP contribution in [0.1, 0.15) is 34.6 Å². The first-order chi connectivity index (χ1) is 17.2. The van der Waals surface area contributed by atoms with Gasteiger partial charge >= 0.3 is 6.18 Å². The van der Waals surface area contributed by atoms with Gasteiger partial charge in [0.2, 0.25) is 0 Å². The fraction of sp³-hybridized carbons (Fsp3) is 0.115. The molecule has 0 spiro atoms. The van der Waals surface area contributed by atoms with Gasteiger partial charge in [0.1, 0.15) is 6.33 Å². The van der Waals surface area contributed by atoms with Gasteiger partial charge in [0.15, 0.2) is 0 Å². The molecule has 3 heterocycles. The number of carbonyl (C=O) groups is 1. The zero-order valence-electron chi connectivity index (χ0n) is 18.8. The summed E-state index contributed by atoms with van der Waals surface area (Å²) in [7, 11) is 0. The smallest absolute Gasteiger partial charge is 0.344 e. The molecule has 0 aliphatic heterocycles. The number of hydrogen-bond acceptors (Lipinski definition) is 5. The largest absolute Gasteiger partial charge is 0.416 e. The summed E-state index contributed by atoms with van der Waals surface area (Å²) in [4.78, 5) is 38.8. The van der Waals surface area contributed by atoms with Crippen molar-refractivity contribution in [2.75, 3.05) is 0 Å². The van der Waals surface area contributed by atoms with E-state index in [1.165, 1.54) is 29.2 Å². The number of benzene rings is 2. The van der Waals surface area contributed by atoms with Gasteiger partial charge < -0.3 is 5.32 Å². The first-order valence-corrected chi connectivity index (χ1v) is 10.9. The van der Waals surface area contributed by atoms with Crippen molar-refractivity contribution in [3.05, 3.63) is 107 Å². The van der Waals surface area contributed by atoms with Crippen LogP contribution in [0.2, 0.25) is 0 Å². The van der Waals surface area contributed by atoms with Crippen molar-refractivity contribution in [2.45, 2.75) is 19.1 Å². The molecule has 0 aliphatic carbocycles. The Kier molecular flexibility index (Phi) is 5.71. The quantitative estimate of drug-likeness (QED) is 0.365. The number of nitrogens with one attached hydrogen (secondary N) is 1. The van der Waals surface area contributed by atoms with E-state index in [-0.39, 0.29) is 23.0 Å². The average Bonchev–Trinajstić information content (AvgIpc) is 2.89. The van der Waals surface area contributed by atoms with Crippen LogP contribution < -0.4 is 10.9 Å². The van der Waals surface area contributed by atoms with E-state index < -0.39 is 17.3 Å². The highest BCUT2D eigenvalue weighted by Gasteiger charge is 2.30. The van der Waals surface area contributed by atoms with Gasteiger partial charge in [-0.3, -0.25) is 19.1 Å². The summed E-state index contributed by atoms with van der Waals surface area (Å²) in [6.07, 6.45) is -0.224. The van der Waals surface area contributed by atoms with E-state index in [9.17, 15) is 22.8 Å². The highest BCUT2D eigenvalue weighted by molar-refractivity contribution is 6.07. The van der Waals surface area contributed by atoms with Crippen LogP contribution in [0.15, 0.2) is 84.2 Å². The Morgan fingerprint density at radius 3 is 2.47 bits per heavy atom. The lowest BCUT2D eigenvalue weighted by molar-refractivity contribution is -0.137. The number of nitrogens with zero attached hydrogens (tertiary/aromatic N) is 4. The number of amides is 1. The van der Waals surface area contributed by atoms with E-state index in [0.717, 1.165) is 12.1 Å². The Labute approximate surface area is 202 Å². The number of carbonyl (C=O) groups excluding carboxylic acids is 1. The Morgan fingerprint density at radius 2 is 1.78 bits per heavy atom. The monoisotopic (exact) mass is 489 g/mol. The van der Waals surface area contributed by atoms with Crippen LogP contribution in [0.5, 0.6) is 0 Å². The zero-order chi connectivity index (χ0) is 25.4. The highest BCUT2D eigenvalue weighted by atomic mass is 19.4. The molecule has 1 atom stereocenters. The Morgan fingerprint density at radius 1 is 1.00 bits per heavy atom. The molecule has 10 heteroatoms. The van der Waals surface area contributed by atoms with Gasteiger partial charge in [-0.1, -0.05) is 6.07 Å². The number of fused-ring (bicyclic) bond motifs is 3. The van der Waals surface area contributed by atoms with Crippen LogP contribution in [-0.2, 0) is 6.18 Å². The minimum Gasteiger partial charge on any atom is -0.344 e. The first-order valence-electron chi connectivity index (χ1n) is 10.9. The lowest BCUT2D eigenvalue weighted by Crippen LogP contribution is -2.27. The number of halogens is 3. The van der Waals surface area contributed by atoms with E-state index in [1.807, 2.05) is 13.0 Å². The van der Waals surface area contributed by atoms with Crippen LogP contribution in [0, 0.1) is 0 Å². The van der Waals surface area contributed by atoms with Gasteiger partial charge in [0.05, 0.1) is 33.7 Å². The topological polar surface area (TPSA) is 89.8 Å². The summed E-state index contributed by atoms with van der Waals surface area (Å²) >= 11 is 0. The molecular weight excluding hydrogens is 471 g/mol. The summed E-state index contributed by atoms with van der Waals surface area (Å²) in [6, 6.07) is 14.1. The number of alkyl halides is 3. The van der Waals surface area contributed by atoms with Gasteiger partial charge in [-0.15, -0.1) is 0 Å². The summed E-state index contributed by atoms with van der Waals surface area (Å²) < 4.78 is 40.5. The molecule has 0 saturated heterocycles. The molecule has 5 rings (SSSR count). The lowest BCUT2D eigenvalue weighted by atomic mass is 10.1. The molecule has 0 fully saturated rings. The molecule has 5 aromatic rings. The van der Waals surface area contributed by atoms with E-state index in [0.29, 0.717) is 27.7 Å². The molecule has 0 aliphatic rings. The van der Waals surface area contributed by atoms with Crippen molar-refractivity contribution in [2.24, 2.45) is 0 Å². The second-order valence-corrected chi connectivity index (χ2v) is 8.15. The minimum atomic E-state index is -4.50. The van der Waals surface area contributed by atoms with Gasteiger partial charge in [-0.05, 0) is 61.5 Å². The van der Waals surface area contributed by atoms with Crippen LogP contribution in [0.4, 0.5) is 13.2 Å². The summed E-state index contributed by atoms with van der Waals surface area (Å²) in [5.74, 6) is -0.357. The van der Waals surface area contributed by atoms with Crippen molar-refractivity contribution in [1.82, 2.24) is 24.8 Å².